The number of carbonyl (C=O) groups excluding carboxylic acids is 1. The van der Waals surface area contributed by atoms with Gasteiger partial charge in [-0.25, -0.2) is 9.18 Å². The van der Waals surface area contributed by atoms with Gasteiger partial charge in [0.1, 0.15) is 5.82 Å². The molecule has 0 heterocycles. The first-order chi connectivity index (χ1) is 7.65. The number of esters is 1. The number of rotatable bonds is 5. The molecule has 1 rings (SSSR count). The highest BCUT2D eigenvalue weighted by molar-refractivity contribution is 5.94. The van der Waals surface area contributed by atoms with Crippen LogP contribution in [-0.4, -0.2) is 26.3 Å². The summed E-state index contributed by atoms with van der Waals surface area (Å²) in [6.45, 7) is 0.773. The van der Waals surface area contributed by atoms with E-state index in [9.17, 15) is 9.18 Å². The fourth-order valence-electron chi connectivity index (χ4n) is 1.17. The molecule has 0 aromatic heterocycles. The molecule has 0 fully saturated rings. The Bertz CT molecular complexity index is 368. The van der Waals surface area contributed by atoms with Gasteiger partial charge in [-0.15, -0.1) is 0 Å². The summed E-state index contributed by atoms with van der Waals surface area (Å²) < 4.78 is 22.4. The minimum atomic E-state index is -0.548. The molecule has 88 valence electrons. The molecule has 0 saturated carbocycles. The molecule has 0 bridgehead atoms. The topological polar surface area (TPSA) is 61.5 Å². The zero-order valence-corrected chi connectivity index (χ0v) is 9.03. The molecular weight excluding hydrogens is 213 g/mol. The van der Waals surface area contributed by atoms with Gasteiger partial charge in [0, 0.05) is 25.8 Å². The highest BCUT2D eigenvalue weighted by Crippen LogP contribution is 2.14. The van der Waals surface area contributed by atoms with Gasteiger partial charge in [0.15, 0.2) is 0 Å². The van der Waals surface area contributed by atoms with Gasteiger partial charge in [-0.3, -0.25) is 0 Å². The van der Waals surface area contributed by atoms with E-state index in [1.54, 1.807) is 7.11 Å². The van der Waals surface area contributed by atoms with E-state index in [0.29, 0.717) is 13.0 Å². The number of hydrogen-bond donors (Lipinski definition) is 1. The summed E-state index contributed by atoms with van der Waals surface area (Å²) in [5.41, 5.74) is 5.75. The lowest BCUT2D eigenvalue weighted by Crippen LogP contribution is -2.10. The van der Waals surface area contributed by atoms with Gasteiger partial charge in [0.2, 0.25) is 0 Å². The largest absolute Gasteiger partial charge is 0.462 e. The van der Waals surface area contributed by atoms with Crippen LogP contribution in [0.15, 0.2) is 18.2 Å². The Hall–Kier alpha value is -1.62. The second-order valence-corrected chi connectivity index (χ2v) is 3.21. The maximum Gasteiger partial charge on any atom is 0.340 e. The van der Waals surface area contributed by atoms with Crippen molar-refractivity contribution in [2.24, 2.45) is 0 Å². The molecule has 0 aliphatic rings. The van der Waals surface area contributed by atoms with Gasteiger partial charge in [-0.1, -0.05) is 0 Å². The molecule has 0 amide bonds. The maximum absolute atomic E-state index is 12.7. The maximum atomic E-state index is 12.7. The molecule has 0 aliphatic heterocycles. The third kappa shape index (κ3) is 3.51. The smallest absolute Gasteiger partial charge is 0.340 e. The number of nitrogen functional groups attached to an aromatic ring is 1. The highest BCUT2D eigenvalue weighted by atomic mass is 19.1. The fourth-order valence-corrected chi connectivity index (χ4v) is 1.17. The summed E-state index contributed by atoms with van der Waals surface area (Å²) in [7, 11) is 1.57. The summed E-state index contributed by atoms with van der Waals surface area (Å²) in [6.07, 6.45) is 0.614. The third-order valence-electron chi connectivity index (χ3n) is 1.96. The summed E-state index contributed by atoms with van der Waals surface area (Å²) in [5, 5.41) is 0. The number of ether oxygens (including phenoxy) is 2. The molecule has 0 aliphatic carbocycles. The molecule has 4 nitrogen and oxygen atoms in total. The Morgan fingerprint density at radius 2 is 2.19 bits per heavy atom. The molecule has 16 heavy (non-hydrogen) atoms. The van der Waals surface area contributed by atoms with Crippen LogP contribution >= 0.6 is 0 Å². The van der Waals surface area contributed by atoms with Gasteiger partial charge in [0.05, 0.1) is 12.2 Å². The molecule has 1 aromatic rings. The van der Waals surface area contributed by atoms with Gasteiger partial charge in [-0.05, 0) is 18.2 Å². The van der Waals surface area contributed by atoms with Gasteiger partial charge >= 0.3 is 5.97 Å². The minimum Gasteiger partial charge on any atom is -0.462 e. The van der Waals surface area contributed by atoms with E-state index < -0.39 is 11.8 Å². The van der Waals surface area contributed by atoms with Crippen LogP contribution in [0.3, 0.4) is 0 Å². The van der Waals surface area contributed by atoms with Crippen LogP contribution in [0.2, 0.25) is 0 Å². The van der Waals surface area contributed by atoms with Crippen LogP contribution in [-0.2, 0) is 9.47 Å². The number of halogens is 1. The van der Waals surface area contributed by atoms with E-state index >= 15 is 0 Å². The molecule has 1 aromatic carbocycles. The van der Waals surface area contributed by atoms with Crippen molar-refractivity contribution in [3.05, 3.63) is 29.6 Å². The quantitative estimate of drug-likeness (QED) is 0.471. The average molecular weight is 227 g/mol. The summed E-state index contributed by atoms with van der Waals surface area (Å²) in [5.74, 6) is -1.03. The normalized spacial score (nSPS) is 10.1. The molecule has 2 N–H and O–H groups in total. The van der Waals surface area contributed by atoms with Crippen molar-refractivity contribution < 1.29 is 18.7 Å². The first-order valence-corrected chi connectivity index (χ1v) is 4.86. The van der Waals surface area contributed by atoms with Crippen LogP contribution in [0.4, 0.5) is 10.1 Å². The van der Waals surface area contributed by atoms with Crippen LogP contribution in [0.25, 0.3) is 0 Å². The molecule has 0 radical (unpaired) electrons. The molecule has 0 spiro atoms. The lowest BCUT2D eigenvalue weighted by molar-refractivity contribution is 0.0469. The number of anilines is 1. The number of benzene rings is 1. The van der Waals surface area contributed by atoms with Crippen molar-refractivity contribution in [3.8, 4) is 0 Å². The average Bonchev–Trinajstić information content (AvgIpc) is 2.24. The second kappa shape index (κ2) is 6.07. The first-order valence-electron chi connectivity index (χ1n) is 4.86. The number of carbonyl (C=O) groups is 1. The predicted octanol–water partition coefficient (Wildman–Crippen LogP) is 1.60. The van der Waals surface area contributed by atoms with E-state index in [1.807, 2.05) is 0 Å². The van der Waals surface area contributed by atoms with Crippen LogP contribution in [0.1, 0.15) is 16.8 Å². The van der Waals surface area contributed by atoms with E-state index in [-0.39, 0.29) is 17.9 Å². The van der Waals surface area contributed by atoms with E-state index in [0.717, 1.165) is 6.07 Å². The minimum absolute atomic E-state index is 0.0803. The van der Waals surface area contributed by atoms with Gasteiger partial charge < -0.3 is 15.2 Å². The van der Waals surface area contributed by atoms with Crippen molar-refractivity contribution in [1.29, 1.82) is 0 Å². The van der Waals surface area contributed by atoms with Crippen LogP contribution < -0.4 is 5.73 Å². The first kappa shape index (κ1) is 12.4. The van der Waals surface area contributed by atoms with E-state index in [2.05, 4.69) is 0 Å². The van der Waals surface area contributed by atoms with Gasteiger partial charge in [0.25, 0.3) is 0 Å². The van der Waals surface area contributed by atoms with Crippen molar-refractivity contribution in [3.63, 3.8) is 0 Å². The monoisotopic (exact) mass is 227 g/mol. The van der Waals surface area contributed by atoms with Gasteiger partial charge in [-0.2, -0.15) is 0 Å². The van der Waals surface area contributed by atoms with Crippen molar-refractivity contribution in [2.45, 2.75) is 6.42 Å². The lowest BCUT2D eigenvalue weighted by atomic mass is 10.2. The SMILES string of the molecule is COCCCOC(=O)c1ccc(F)cc1N. The van der Waals surface area contributed by atoms with E-state index in [1.165, 1.54) is 12.1 Å². The predicted molar refractivity (Wildman–Crippen MR) is 57.6 cm³/mol. The standard InChI is InChI=1S/C11H14FNO3/c1-15-5-2-6-16-11(14)9-4-3-8(12)7-10(9)13/h3-4,7H,2,5-6,13H2,1H3. The zero-order valence-electron chi connectivity index (χ0n) is 9.03. The Labute approximate surface area is 93.2 Å². The Morgan fingerprint density at radius 3 is 2.81 bits per heavy atom. The van der Waals surface area contributed by atoms with Crippen molar-refractivity contribution >= 4 is 11.7 Å². The summed E-state index contributed by atoms with van der Waals surface area (Å²) >= 11 is 0. The third-order valence-corrected chi connectivity index (χ3v) is 1.96. The molecule has 0 saturated heterocycles. The van der Waals surface area contributed by atoms with Crippen LogP contribution in [0, 0.1) is 5.82 Å². The fraction of sp³-hybridized carbons (Fsp3) is 0.364. The molecular formula is C11H14FNO3. The Morgan fingerprint density at radius 1 is 1.44 bits per heavy atom. The second-order valence-electron chi connectivity index (χ2n) is 3.21. The summed E-state index contributed by atoms with van der Waals surface area (Å²) in [4.78, 5) is 11.5. The number of hydrogen-bond acceptors (Lipinski definition) is 4. The lowest BCUT2D eigenvalue weighted by Gasteiger charge is -2.06. The Kier molecular flexibility index (Phi) is 4.72. The van der Waals surface area contributed by atoms with Crippen molar-refractivity contribution in [1.82, 2.24) is 0 Å². The molecule has 5 heteroatoms. The zero-order chi connectivity index (χ0) is 12.0. The number of methoxy groups -OCH3 is 1. The van der Waals surface area contributed by atoms with Crippen LogP contribution in [0.5, 0.6) is 0 Å². The number of nitrogens with two attached hydrogens (primary N) is 1. The molecule has 0 atom stereocenters. The summed E-state index contributed by atoms with van der Waals surface area (Å²) in [6, 6.07) is 3.57. The highest BCUT2D eigenvalue weighted by Gasteiger charge is 2.11. The Balaban J connectivity index is 2.53. The molecule has 0 unspecified atom stereocenters. The van der Waals surface area contributed by atoms with Crippen molar-refractivity contribution in [2.75, 3.05) is 26.1 Å². The van der Waals surface area contributed by atoms with E-state index in [4.69, 9.17) is 15.2 Å².